The van der Waals surface area contributed by atoms with E-state index in [1.165, 1.54) is 44.2 Å². The summed E-state index contributed by atoms with van der Waals surface area (Å²) in [5.74, 6) is 0.496. The minimum absolute atomic E-state index is 0.129. The maximum atomic E-state index is 4.93. The van der Waals surface area contributed by atoms with Gasteiger partial charge in [0.15, 0.2) is 0 Å². The molecule has 0 aliphatic heterocycles. The Hall–Kier alpha value is -0.487. The molecule has 0 fully saturated rings. The van der Waals surface area contributed by atoms with E-state index in [0.717, 1.165) is 0 Å². The summed E-state index contributed by atoms with van der Waals surface area (Å²) in [7, 11) is 9.87. The van der Waals surface area contributed by atoms with Gasteiger partial charge in [-0.1, -0.05) is 91.6 Å². The van der Waals surface area contributed by atoms with Gasteiger partial charge in [0.2, 0.25) is 0 Å². The fraction of sp³-hybridized carbons (Fsp3) is 0.444. The Balaban J connectivity index is 0.00000101. The summed E-state index contributed by atoms with van der Waals surface area (Å²) in [5, 5.41) is 2.75. The van der Waals surface area contributed by atoms with Crippen molar-refractivity contribution in [2.75, 3.05) is 0 Å². The van der Waals surface area contributed by atoms with E-state index in [0.29, 0.717) is 5.92 Å². The molecule has 3 heteroatoms. The minimum atomic E-state index is -0.826. The molecule has 0 saturated carbocycles. The Morgan fingerprint density at radius 1 is 0.833 bits per heavy atom. The zero-order valence-corrected chi connectivity index (χ0v) is 23.8. The van der Waals surface area contributed by atoms with Gasteiger partial charge in [0.25, 0.3) is 0 Å². The van der Waals surface area contributed by atoms with E-state index in [9.17, 15) is 0 Å². The standard InChI is InChI=1S/C27H35.2ClH.Zr/c1-17(2)23-11-10-19-12-18(3)13-24(19)25(23)20-14-21(26(4,5)6)16-22(15-20)27(7,8)9;;;/h10-17H,1-9H3;2*1H;/q-1;;;+2/p-2. The van der Waals surface area contributed by atoms with Crippen LogP contribution in [-0.2, 0) is 31.7 Å². The van der Waals surface area contributed by atoms with Gasteiger partial charge in [-0.25, -0.2) is 0 Å². The van der Waals surface area contributed by atoms with E-state index in [4.69, 9.17) is 17.0 Å². The third-order valence-electron chi connectivity index (χ3n) is 5.64. The number of hydrogen-bond donors (Lipinski definition) is 0. The Morgan fingerprint density at radius 2 is 1.33 bits per heavy atom. The monoisotopic (exact) mass is 519 g/mol. The second-order valence-corrected chi connectivity index (χ2v) is 14.3. The predicted molar refractivity (Wildman–Crippen MR) is 133 cm³/mol. The molecule has 3 aromatic carbocycles. The van der Waals surface area contributed by atoms with Crippen LogP contribution in [0.5, 0.6) is 0 Å². The van der Waals surface area contributed by atoms with Crippen molar-refractivity contribution in [3.05, 3.63) is 64.7 Å². The van der Waals surface area contributed by atoms with Crippen molar-refractivity contribution < 1.29 is 20.8 Å². The van der Waals surface area contributed by atoms with Gasteiger partial charge < -0.3 is 0 Å². The molecule has 0 heterocycles. The maximum absolute atomic E-state index is 4.93. The fourth-order valence-corrected chi connectivity index (χ4v) is 3.89. The molecular formula is C27H35Cl2Zr-. The number of halogens is 2. The number of aryl methyl sites for hydroxylation is 1. The van der Waals surface area contributed by atoms with Crippen LogP contribution < -0.4 is 0 Å². The molecule has 0 aliphatic rings. The second kappa shape index (κ2) is 9.98. The van der Waals surface area contributed by atoms with Crippen LogP contribution in [0, 0.1) is 6.92 Å². The van der Waals surface area contributed by atoms with Crippen molar-refractivity contribution in [2.24, 2.45) is 0 Å². The molecule has 0 unspecified atom stereocenters. The van der Waals surface area contributed by atoms with E-state index in [-0.39, 0.29) is 10.8 Å². The first-order valence-corrected chi connectivity index (χ1v) is 16.9. The summed E-state index contributed by atoms with van der Waals surface area (Å²) in [6, 6.07) is 16.6. The first-order valence-electron chi connectivity index (χ1n) is 10.6. The number of benzene rings is 2. The van der Waals surface area contributed by atoms with Crippen LogP contribution >= 0.6 is 17.0 Å². The van der Waals surface area contributed by atoms with Gasteiger partial charge >= 0.3 is 37.9 Å². The first-order chi connectivity index (χ1) is 13.8. The van der Waals surface area contributed by atoms with Gasteiger partial charge in [-0.05, 0) is 33.4 Å². The van der Waals surface area contributed by atoms with Crippen LogP contribution in [0.25, 0.3) is 21.9 Å². The topological polar surface area (TPSA) is 0 Å². The molecule has 0 nitrogen and oxygen atoms in total. The molecule has 3 rings (SSSR count). The van der Waals surface area contributed by atoms with Crippen molar-refractivity contribution in [1.29, 1.82) is 0 Å². The molecule has 0 atom stereocenters. The molecule has 0 saturated heterocycles. The third kappa shape index (κ3) is 6.06. The van der Waals surface area contributed by atoms with Crippen LogP contribution in [0.15, 0.2) is 42.5 Å². The SMILES string of the molecule is Cc1cc2c(-c3cc(C(C)(C)C)cc(C(C)(C)C)c3)c(C(C)C)ccc2[cH-]1.[Cl][Zr][Cl]. The van der Waals surface area contributed by atoms with E-state index in [1.807, 2.05) is 0 Å². The summed E-state index contributed by atoms with van der Waals surface area (Å²) in [4.78, 5) is 0. The van der Waals surface area contributed by atoms with Crippen molar-refractivity contribution in [2.45, 2.75) is 79.1 Å². The molecule has 0 amide bonds. The molecule has 0 radical (unpaired) electrons. The van der Waals surface area contributed by atoms with E-state index < -0.39 is 20.8 Å². The Bertz CT molecular complexity index is 966. The van der Waals surface area contributed by atoms with Crippen molar-refractivity contribution in [3.63, 3.8) is 0 Å². The van der Waals surface area contributed by atoms with E-state index >= 15 is 0 Å². The Kier molecular flexibility index (Phi) is 8.57. The molecule has 0 aromatic heterocycles. The second-order valence-electron chi connectivity index (χ2n) is 10.6. The van der Waals surface area contributed by atoms with Crippen LogP contribution in [0.4, 0.5) is 0 Å². The summed E-state index contributed by atoms with van der Waals surface area (Å²) >= 11 is -0.826. The normalized spacial score (nSPS) is 12.1. The summed E-state index contributed by atoms with van der Waals surface area (Å²) < 4.78 is 0. The average Bonchev–Trinajstić information content (AvgIpc) is 2.99. The third-order valence-corrected chi connectivity index (χ3v) is 5.64. The van der Waals surface area contributed by atoms with Gasteiger partial charge in [-0.3, -0.25) is 0 Å². The number of rotatable bonds is 2. The quantitative estimate of drug-likeness (QED) is 0.295. The summed E-state index contributed by atoms with van der Waals surface area (Å²) in [6.07, 6.45) is 0. The van der Waals surface area contributed by atoms with Gasteiger partial charge in [-0.15, -0.1) is 34.5 Å². The van der Waals surface area contributed by atoms with Crippen LogP contribution in [0.3, 0.4) is 0 Å². The molecule has 0 aliphatic carbocycles. The van der Waals surface area contributed by atoms with Crippen molar-refractivity contribution in [1.82, 2.24) is 0 Å². The van der Waals surface area contributed by atoms with Crippen LogP contribution in [0.1, 0.15) is 83.6 Å². The summed E-state index contributed by atoms with van der Waals surface area (Å²) in [6.45, 7) is 20.7. The molecule has 0 N–H and O–H groups in total. The fourth-order valence-electron chi connectivity index (χ4n) is 3.89. The Labute approximate surface area is 202 Å². The zero-order valence-electron chi connectivity index (χ0n) is 19.9. The van der Waals surface area contributed by atoms with Crippen LogP contribution in [0.2, 0.25) is 0 Å². The van der Waals surface area contributed by atoms with Gasteiger partial charge in [0, 0.05) is 0 Å². The average molecular weight is 522 g/mol. The zero-order chi connectivity index (χ0) is 22.9. The number of fused-ring (bicyclic) bond motifs is 1. The molecular weight excluding hydrogens is 486 g/mol. The molecule has 162 valence electrons. The van der Waals surface area contributed by atoms with Crippen LogP contribution in [-0.4, -0.2) is 0 Å². The van der Waals surface area contributed by atoms with Crippen molar-refractivity contribution in [3.8, 4) is 11.1 Å². The van der Waals surface area contributed by atoms with Gasteiger partial charge in [-0.2, -0.15) is 6.07 Å². The van der Waals surface area contributed by atoms with Gasteiger partial charge in [0.05, 0.1) is 0 Å². The molecule has 0 spiro atoms. The molecule has 0 bridgehead atoms. The van der Waals surface area contributed by atoms with Gasteiger partial charge in [0.1, 0.15) is 0 Å². The number of hydrogen-bond acceptors (Lipinski definition) is 0. The summed E-state index contributed by atoms with van der Waals surface area (Å²) in [5.41, 5.74) is 8.67. The molecule has 30 heavy (non-hydrogen) atoms. The first kappa shape index (κ1) is 25.8. The Morgan fingerprint density at radius 3 is 1.77 bits per heavy atom. The van der Waals surface area contributed by atoms with E-state index in [1.54, 1.807) is 0 Å². The molecule has 3 aromatic rings. The van der Waals surface area contributed by atoms with Crippen molar-refractivity contribution >= 4 is 27.8 Å². The van der Waals surface area contributed by atoms with E-state index in [2.05, 4.69) is 105 Å². The predicted octanol–water partition coefficient (Wildman–Crippen LogP) is 9.63.